The molecule has 1 amide bonds. The summed E-state index contributed by atoms with van der Waals surface area (Å²) in [4.78, 5) is 14.6. The second-order valence-electron chi connectivity index (χ2n) is 7.12. The Kier molecular flexibility index (Phi) is 5.85. The summed E-state index contributed by atoms with van der Waals surface area (Å²) in [6.45, 7) is 4.21. The lowest BCUT2D eigenvalue weighted by atomic mass is 10.1. The zero-order chi connectivity index (χ0) is 19.4. The van der Waals surface area contributed by atoms with E-state index in [1.807, 2.05) is 62.4 Å². The molecule has 0 bridgehead atoms. The van der Waals surface area contributed by atoms with E-state index in [2.05, 4.69) is 0 Å². The van der Waals surface area contributed by atoms with Crippen molar-refractivity contribution in [1.29, 1.82) is 0 Å². The Morgan fingerprint density at radius 2 is 1.81 bits per heavy atom. The van der Waals surface area contributed by atoms with Crippen molar-refractivity contribution < 1.29 is 17.9 Å². The minimum Gasteiger partial charge on any atom is -0.484 e. The largest absolute Gasteiger partial charge is 0.484 e. The minimum absolute atomic E-state index is 0.0228. The van der Waals surface area contributed by atoms with Gasteiger partial charge in [0.2, 0.25) is 0 Å². The van der Waals surface area contributed by atoms with Gasteiger partial charge in [0.05, 0.1) is 11.5 Å². The maximum atomic E-state index is 12.9. The molecule has 3 rings (SSSR count). The number of carbonyl (C=O) groups is 1. The molecule has 6 heteroatoms. The highest BCUT2D eigenvalue weighted by molar-refractivity contribution is 7.91. The molecular formula is C21H25NO4S. The van der Waals surface area contributed by atoms with Crippen LogP contribution in [0.3, 0.4) is 0 Å². The number of benzene rings is 2. The summed E-state index contributed by atoms with van der Waals surface area (Å²) < 4.78 is 29.5. The molecule has 0 spiro atoms. The number of amides is 1. The van der Waals surface area contributed by atoms with E-state index in [9.17, 15) is 13.2 Å². The molecule has 144 valence electrons. The van der Waals surface area contributed by atoms with Crippen molar-refractivity contribution in [2.45, 2.75) is 32.9 Å². The van der Waals surface area contributed by atoms with Crippen LogP contribution in [0.25, 0.3) is 0 Å². The third-order valence-electron chi connectivity index (χ3n) is 4.89. The van der Waals surface area contributed by atoms with Gasteiger partial charge in [0, 0.05) is 12.6 Å². The van der Waals surface area contributed by atoms with Crippen LogP contribution in [-0.4, -0.2) is 43.4 Å². The standard InChI is InChI=1S/C21H25NO4S/c1-16-7-9-18(10-8-16)13-22(19-11-12-27(24,25)15-19)21(23)14-26-20-6-4-3-5-17(20)2/h3-10,19H,11-15H2,1-2H3/t19-/m0/s1. The number of carbonyl (C=O) groups excluding carboxylic acids is 1. The second-order valence-corrected chi connectivity index (χ2v) is 9.35. The van der Waals surface area contributed by atoms with Crippen molar-refractivity contribution in [3.05, 3.63) is 65.2 Å². The van der Waals surface area contributed by atoms with Crippen LogP contribution in [0, 0.1) is 13.8 Å². The van der Waals surface area contributed by atoms with Gasteiger partial charge < -0.3 is 9.64 Å². The molecule has 2 aromatic carbocycles. The first-order valence-corrected chi connectivity index (χ1v) is 10.9. The minimum atomic E-state index is -3.08. The Morgan fingerprint density at radius 3 is 2.44 bits per heavy atom. The van der Waals surface area contributed by atoms with Crippen molar-refractivity contribution in [3.8, 4) is 5.75 Å². The van der Waals surface area contributed by atoms with Gasteiger partial charge in [0.1, 0.15) is 5.75 Å². The van der Waals surface area contributed by atoms with Gasteiger partial charge in [0.25, 0.3) is 5.91 Å². The van der Waals surface area contributed by atoms with Gasteiger partial charge in [-0.1, -0.05) is 48.0 Å². The van der Waals surface area contributed by atoms with E-state index in [-0.39, 0.29) is 30.1 Å². The molecule has 1 aliphatic heterocycles. The number of para-hydroxylation sites is 1. The second kappa shape index (κ2) is 8.13. The van der Waals surface area contributed by atoms with E-state index in [4.69, 9.17) is 4.74 Å². The molecule has 0 saturated carbocycles. The van der Waals surface area contributed by atoms with Gasteiger partial charge in [-0.05, 0) is 37.5 Å². The summed E-state index contributed by atoms with van der Waals surface area (Å²) >= 11 is 0. The smallest absolute Gasteiger partial charge is 0.261 e. The molecule has 0 aromatic heterocycles. The average molecular weight is 388 g/mol. The Balaban J connectivity index is 1.75. The highest BCUT2D eigenvalue weighted by Crippen LogP contribution is 2.22. The third-order valence-corrected chi connectivity index (χ3v) is 6.64. The van der Waals surface area contributed by atoms with Gasteiger partial charge in [-0.2, -0.15) is 0 Å². The number of hydrogen-bond donors (Lipinski definition) is 0. The first-order valence-electron chi connectivity index (χ1n) is 9.08. The van der Waals surface area contributed by atoms with Crippen LogP contribution in [0.1, 0.15) is 23.1 Å². The van der Waals surface area contributed by atoms with Crippen molar-refractivity contribution in [1.82, 2.24) is 4.90 Å². The normalized spacial score (nSPS) is 18.2. The van der Waals surface area contributed by atoms with Crippen LogP contribution in [0.2, 0.25) is 0 Å². The number of rotatable bonds is 6. The zero-order valence-electron chi connectivity index (χ0n) is 15.7. The Morgan fingerprint density at radius 1 is 1.11 bits per heavy atom. The summed E-state index contributed by atoms with van der Waals surface area (Å²) in [5, 5.41) is 0. The fourth-order valence-electron chi connectivity index (χ4n) is 3.27. The summed E-state index contributed by atoms with van der Waals surface area (Å²) in [6, 6.07) is 15.2. The molecule has 0 radical (unpaired) electrons. The average Bonchev–Trinajstić information content (AvgIpc) is 3.00. The maximum absolute atomic E-state index is 12.9. The molecule has 5 nitrogen and oxygen atoms in total. The van der Waals surface area contributed by atoms with E-state index >= 15 is 0 Å². The first-order chi connectivity index (χ1) is 12.8. The molecule has 1 saturated heterocycles. The molecule has 0 unspecified atom stereocenters. The van der Waals surface area contributed by atoms with Gasteiger partial charge >= 0.3 is 0 Å². The van der Waals surface area contributed by atoms with Crippen molar-refractivity contribution in [3.63, 3.8) is 0 Å². The summed E-state index contributed by atoms with van der Waals surface area (Å²) in [5.41, 5.74) is 3.08. The Labute approximate surface area is 160 Å². The van der Waals surface area contributed by atoms with Gasteiger partial charge in [0.15, 0.2) is 16.4 Å². The van der Waals surface area contributed by atoms with Crippen LogP contribution in [0.4, 0.5) is 0 Å². The lowest BCUT2D eigenvalue weighted by Crippen LogP contribution is -2.43. The molecule has 1 aliphatic rings. The van der Waals surface area contributed by atoms with Crippen LogP contribution < -0.4 is 4.74 Å². The first kappa shape index (κ1) is 19.4. The number of nitrogens with zero attached hydrogens (tertiary/aromatic N) is 1. The number of sulfone groups is 1. The predicted octanol–water partition coefficient (Wildman–Crippen LogP) is 2.90. The number of hydrogen-bond acceptors (Lipinski definition) is 4. The number of ether oxygens (including phenoxy) is 1. The highest BCUT2D eigenvalue weighted by Gasteiger charge is 2.34. The summed E-state index contributed by atoms with van der Waals surface area (Å²) in [6.07, 6.45) is 0.476. The van der Waals surface area contributed by atoms with Gasteiger partial charge in [-0.15, -0.1) is 0 Å². The summed E-state index contributed by atoms with van der Waals surface area (Å²) in [7, 11) is -3.08. The molecule has 27 heavy (non-hydrogen) atoms. The lowest BCUT2D eigenvalue weighted by Gasteiger charge is -2.28. The van der Waals surface area contributed by atoms with Crippen LogP contribution >= 0.6 is 0 Å². The SMILES string of the molecule is Cc1ccc(CN(C(=O)COc2ccccc2C)[C@H]2CCS(=O)(=O)C2)cc1. The molecule has 1 heterocycles. The molecule has 0 N–H and O–H groups in total. The number of aryl methyl sites for hydroxylation is 2. The quantitative estimate of drug-likeness (QED) is 0.765. The lowest BCUT2D eigenvalue weighted by molar-refractivity contribution is -0.136. The predicted molar refractivity (Wildman–Crippen MR) is 105 cm³/mol. The molecule has 1 fully saturated rings. The topological polar surface area (TPSA) is 63.7 Å². The summed E-state index contributed by atoms with van der Waals surface area (Å²) in [5.74, 6) is 0.629. The zero-order valence-corrected chi connectivity index (χ0v) is 16.5. The fraction of sp³-hybridized carbons (Fsp3) is 0.381. The Bertz CT molecular complexity index is 906. The van der Waals surface area contributed by atoms with Gasteiger partial charge in [-0.25, -0.2) is 8.42 Å². The fourth-order valence-corrected chi connectivity index (χ4v) is 5.00. The Hall–Kier alpha value is -2.34. The van der Waals surface area contributed by atoms with E-state index in [0.717, 1.165) is 16.7 Å². The van der Waals surface area contributed by atoms with Gasteiger partial charge in [-0.3, -0.25) is 4.79 Å². The van der Waals surface area contributed by atoms with Crippen LogP contribution in [0.5, 0.6) is 5.75 Å². The molecular weight excluding hydrogens is 362 g/mol. The van der Waals surface area contributed by atoms with Crippen LogP contribution in [0.15, 0.2) is 48.5 Å². The molecule has 0 aliphatic carbocycles. The van der Waals surface area contributed by atoms with Crippen molar-refractivity contribution in [2.24, 2.45) is 0 Å². The van der Waals surface area contributed by atoms with Crippen molar-refractivity contribution >= 4 is 15.7 Å². The van der Waals surface area contributed by atoms with E-state index < -0.39 is 9.84 Å². The van der Waals surface area contributed by atoms with Crippen molar-refractivity contribution in [2.75, 3.05) is 18.1 Å². The highest BCUT2D eigenvalue weighted by atomic mass is 32.2. The van der Waals surface area contributed by atoms with E-state index in [0.29, 0.717) is 18.7 Å². The van der Waals surface area contributed by atoms with E-state index in [1.165, 1.54) is 0 Å². The third kappa shape index (κ3) is 5.10. The monoisotopic (exact) mass is 387 g/mol. The van der Waals surface area contributed by atoms with Crippen LogP contribution in [-0.2, 0) is 21.2 Å². The maximum Gasteiger partial charge on any atom is 0.261 e. The molecule has 2 aromatic rings. The van der Waals surface area contributed by atoms with E-state index in [1.54, 1.807) is 4.90 Å². The molecule has 1 atom stereocenters.